The molecule has 0 spiro atoms. The lowest BCUT2D eigenvalue weighted by Gasteiger charge is -2.17. The molecule has 1 fully saturated rings. The Bertz CT molecular complexity index is 1080. The summed E-state index contributed by atoms with van der Waals surface area (Å²) < 4.78 is 103. The number of alkyl halides is 6. The topological polar surface area (TPSA) is 90.7 Å². The number of rotatable bonds is 3. The average Bonchev–Trinajstić information content (AvgIpc) is 3.10. The van der Waals surface area contributed by atoms with Gasteiger partial charge in [-0.25, -0.2) is 8.42 Å². The molecule has 0 N–H and O–H groups in total. The minimum absolute atomic E-state index is 0.177. The summed E-state index contributed by atoms with van der Waals surface area (Å²) in [5, 5.41) is 0. The van der Waals surface area contributed by atoms with E-state index >= 15 is 0 Å². The molecule has 1 unspecified atom stereocenters. The Balaban J connectivity index is 0.000000440. The molecular weight excluding hydrogens is 512 g/mol. The van der Waals surface area contributed by atoms with Crippen LogP contribution < -0.4 is 0 Å². The van der Waals surface area contributed by atoms with Crippen LogP contribution in [0.2, 0.25) is 0 Å². The quantitative estimate of drug-likeness (QED) is 0.251. The first-order valence-electron chi connectivity index (χ1n) is 9.86. The Kier molecular flexibility index (Phi) is 9.10. The van der Waals surface area contributed by atoms with Crippen LogP contribution >= 0.6 is 0 Å². The van der Waals surface area contributed by atoms with E-state index in [0.717, 1.165) is 35.8 Å². The SMILES string of the molecule is CC[S+]1CCCN(C(=O)c2ccc(-c3cccc(C(F)(F)F)c3)o2)CC1.O=S(=O)([O-])C(F)(F)F. The second kappa shape index (κ2) is 11.0. The average molecular weight is 534 g/mol. The van der Waals surface area contributed by atoms with Gasteiger partial charge in [0, 0.05) is 18.5 Å². The van der Waals surface area contributed by atoms with Gasteiger partial charge in [-0.1, -0.05) is 12.1 Å². The van der Waals surface area contributed by atoms with Gasteiger partial charge < -0.3 is 13.9 Å². The molecule has 14 heteroatoms. The summed E-state index contributed by atoms with van der Waals surface area (Å²) in [6.07, 6.45) is -3.44. The monoisotopic (exact) mass is 533 g/mol. The van der Waals surface area contributed by atoms with Crippen molar-refractivity contribution in [3.8, 4) is 11.3 Å². The summed E-state index contributed by atoms with van der Waals surface area (Å²) >= 11 is 0. The molecule has 0 aliphatic carbocycles. The summed E-state index contributed by atoms with van der Waals surface area (Å²) in [5.41, 5.74) is -6.08. The van der Waals surface area contributed by atoms with E-state index in [2.05, 4.69) is 6.92 Å². The fraction of sp³-hybridized carbons (Fsp3) is 0.450. The number of benzene rings is 1. The summed E-state index contributed by atoms with van der Waals surface area (Å²) in [6.45, 7) is 3.58. The van der Waals surface area contributed by atoms with Gasteiger partial charge in [0.15, 0.2) is 15.9 Å². The zero-order chi connectivity index (χ0) is 25.7. The zero-order valence-corrected chi connectivity index (χ0v) is 19.4. The maximum absolute atomic E-state index is 12.9. The smallest absolute Gasteiger partial charge is 0.485 e. The van der Waals surface area contributed by atoms with Crippen LogP contribution in [0.25, 0.3) is 11.3 Å². The van der Waals surface area contributed by atoms with Crippen LogP contribution in [0, 0.1) is 0 Å². The summed E-state index contributed by atoms with van der Waals surface area (Å²) in [5.74, 6) is 3.54. The molecule has 3 rings (SSSR count). The largest absolute Gasteiger partial charge is 0.741 e. The predicted molar refractivity (Wildman–Crippen MR) is 113 cm³/mol. The van der Waals surface area contributed by atoms with Crippen molar-refractivity contribution in [3.63, 3.8) is 0 Å². The molecule has 1 saturated heterocycles. The highest BCUT2D eigenvalue weighted by molar-refractivity contribution is 7.96. The molecule has 190 valence electrons. The third-order valence-corrected chi connectivity index (χ3v) is 7.79. The highest BCUT2D eigenvalue weighted by atomic mass is 32.2. The number of nitrogens with zero attached hydrogens (tertiary/aromatic N) is 1. The zero-order valence-electron chi connectivity index (χ0n) is 17.8. The molecule has 2 aromatic rings. The minimum Gasteiger partial charge on any atom is -0.741 e. The molecule has 0 bridgehead atoms. The minimum atomic E-state index is -6.09. The first kappa shape index (κ1) is 28.1. The van der Waals surface area contributed by atoms with E-state index in [4.69, 9.17) is 17.4 Å². The fourth-order valence-corrected chi connectivity index (χ4v) is 4.81. The molecule has 34 heavy (non-hydrogen) atoms. The molecule has 0 radical (unpaired) electrons. The summed E-state index contributed by atoms with van der Waals surface area (Å²) in [7, 11) is -5.72. The first-order valence-corrected chi connectivity index (χ1v) is 13.0. The maximum Gasteiger partial charge on any atom is 0.485 e. The van der Waals surface area contributed by atoms with Crippen molar-refractivity contribution in [2.75, 3.05) is 30.3 Å². The van der Waals surface area contributed by atoms with Crippen LogP contribution in [0.1, 0.15) is 29.5 Å². The number of hydrogen-bond acceptors (Lipinski definition) is 5. The van der Waals surface area contributed by atoms with Gasteiger partial charge in [0.25, 0.3) is 5.91 Å². The van der Waals surface area contributed by atoms with Crippen molar-refractivity contribution >= 4 is 26.9 Å². The number of carbonyl (C=O) groups is 1. The molecular formula is C20H21F6NO5S2. The van der Waals surface area contributed by atoms with Gasteiger partial charge in [-0.2, -0.15) is 26.3 Å². The summed E-state index contributed by atoms with van der Waals surface area (Å²) in [4.78, 5) is 14.5. The van der Waals surface area contributed by atoms with Gasteiger partial charge in [0.1, 0.15) is 23.0 Å². The van der Waals surface area contributed by atoms with Crippen molar-refractivity contribution in [3.05, 3.63) is 47.7 Å². The van der Waals surface area contributed by atoms with Gasteiger partial charge in [-0.15, -0.1) is 0 Å². The van der Waals surface area contributed by atoms with Crippen molar-refractivity contribution in [1.82, 2.24) is 4.90 Å². The van der Waals surface area contributed by atoms with Gasteiger partial charge in [0.2, 0.25) is 0 Å². The van der Waals surface area contributed by atoms with E-state index in [-0.39, 0.29) is 17.4 Å². The van der Waals surface area contributed by atoms with Crippen molar-refractivity contribution in [1.29, 1.82) is 0 Å². The second-order valence-electron chi connectivity index (χ2n) is 7.10. The molecule has 1 aromatic carbocycles. The van der Waals surface area contributed by atoms with Crippen molar-refractivity contribution in [2.24, 2.45) is 0 Å². The number of hydrogen-bond donors (Lipinski definition) is 0. The predicted octanol–water partition coefficient (Wildman–Crippen LogP) is 4.50. The van der Waals surface area contributed by atoms with Crippen LogP contribution in [0.15, 0.2) is 40.8 Å². The van der Waals surface area contributed by atoms with E-state index in [9.17, 15) is 31.1 Å². The third-order valence-electron chi connectivity index (χ3n) is 4.78. The van der Waals surface area contributed by atoms with Gasteiger partial charge in [-0.05, 0) is 42.1 Å². The first-order chi connectivity index (χ1) is 15.6. The molecule has 1 aliphatic rings. The van der Waals surface area contributed by atoms with Gasteiger partial charge in [-0.3, -0.25) is 4.79 Å². The standard InChI is InChI=1S/C19H21F3NO2S.CHF3O3S/c1-2-26-11-4-9-23(10-12-26)18(24)17-8-7-16(25-17)14-5-3-6-15(13-14)19(20,21)22;2-1(3,4)8(5,6)7/h3,5-8,13H,2,4,9-12H2,1H3;(H,5,6,7)/q+1;/p-1. The van der Waals surface area contributed by atoms with Crippen LogP contribution in [-0.4, -0.2) is 59.6 Å². The van der Waals surface area contributed by atoms with E-state index < -0.39 is 27.4 Å². The lowest BCUT2D eigenvalue weighted by atomic mass is 10.1. The number of halogens is 6. The Labute approximate surface area is 195 Å². The molecule has 2 heterocycles. The lowest BCUT2D eigenvalue weighted by Crippen LogP contribution is -2.33. The Morgan fingerprint density at radius 2 is 1.74 bits per heavy atom. The lowest BCUT2D eigenvalue weighted by molar-refractivity contribution is -0.137. The molecule has 1 atom stereocenters. The maximum atomic E-state index is 12.9. The molecule has 6 nitrogen and oxygen atoms in total. The fourth-order valence-electron chi connectivity index (χ4n) is 3.02. The third kappa shape index (κ3) is 7.67. The van der Waals surface area contributed by atoms with Gasteiger partial charge >= 0.3 is 11.7 Å². The highest BCUT2D eigenvalue weighted by Gasteiger charge is 2.37. The molecule has 0 saturated carbocycles. The van der Waals surface area contributed by atoms with E-state index in [1.807, 2.05) is 0 Å². The van der Waals surface area contributed by atoms with Crippen molar-refractivity contribution < 1.29 is 48.5 Å². The van der Waals surface area contributed by atoms with Crippen LogP contribution in [0.4, 0.5) is 26.3 Å². The summed E-state index contributed by atoms with van der Waals surface area (Å²) in [6, 6.07) is 8.02. The Hall–Kier alpha value is -2.19. The van der Waals surface area contributed by atoms with E-state index in [1.54, 1.807) is 23.1 Å². The van der Waals surface area contributed by atoms with Crippen LogP contribution in [0.3, 0.4) is 0 Å². The number of furan rings is 1. The van der Waals surface area contributed by atoms with E-state index in [1.165, 1.54) is 6.07 Å². The highest BCUT2D eigenvalue weighted by Crippen LogP contribution is 2.32. The van der Waals surface area contributed by atoms with Crippen LogP contribution in [0.5, 0.6) is 0 Å². The van der Waals surface area contributed by atoms with E-state index in [0.29, 0.717) is 29.5 Å². The number of amides is 1. The molecule has 1 aromatic heterocycles. The normalized spacial score (nSPS) is 17.5. The Morgan fingerprint density at radius 3 is 2.29 bits per heavy atom. The molecule has 1 aliphatic heterocycles. The number of carbonyl (C=O) groups excluding carboxylic acids is 1. The second-order valence-corrected chi connectivity index (χ2v) is 11.1. The van der Waals surface area contributed by atoms with Crippen LogP contribution in [-0.2, 0) is 27.2 Å². The Morgan fingerprint density at radius 1 is 1.09 bits per heavy atom. The van der Waals surface area contributed by atoms with Gasteiger partial charge in [0.05, 0.1) is 12.1 Å². The van der Waals surface area contributed by atoms with Crippen molar-refractivity contribution in [2.45, 2.75) is 25.0 Å². The molecule has 1 amide bonds.